The Balaban J connectivity index is 1.70. The number of rotatable bonds is 5. The van der Waals surface area contributed by atoms with Gasteiger partial charge in [0.25, 0.3) is 5.91 Å². The van der Waals surface area contributed by atoms with E-state index < -0.39 is 5.54 Å². The Kier molecular flexibility index (Phi) is 4.92. The summed E-state index contributed by atoms with van der Waals surface area (Å²) in [5.41, 5.74) is 0.401. The van der Waals surface area contributed by atoms with Crippen LogP contribution in [0.4, 0.5) is 4.39 Å². The van der Waals surface area contributed by atoms with E-state index in [1.165, 1.54) is 30.1 Å². The minimum absolute atomic E-state index is 0.276. The van der Waals surface area contributed by atoms with Crippen LogP contribution in [0.25, 0.3) is 5.69 Å². The quantitative estimate of drug-likeness (QED) is 0.657. The van der Waals surface area contributed by atoms with E-state index in [0.717, 1.165) is 25.7 Å². The van der Waals surface area contributed by atoms with Gasteiger partial charge in [-0.1, -0.05) is 29.8 Å². The second-order valence-electron chi connectivity index (χ2n) is 6.82. The molecule has 3 aromatic rings. The van der Waals surface area contributed by atoms with Crippen molar-refractivity contribution in [3.63, 3.8) is 0 Å². The van der Waals surface area contributed by atoms with Gasteiger partial charge in [0.1, 0.15) is 17.1 Å². The first-order valence-corrected chi connectivity index (χ1v) is 10.3. The Hall–Kier alpha value is -2.68. The molecule has 146 valence electrons. The van der Waals surface area contributed by atoms with E-state index in [-0.39, 0.29) is 11.7 Å². The number of aryl methyl sites for hydroxylation is 1. The summed E-state index contributed by atoms with van der Waals surface area (Å²) in [6.07, 6.45) is 6.86. The topological polar surface area (TPSA) is 85.8 Å². The van der Waals surface area contributed by atoms with E-state index in [0.29, 0.717) is 28.3 Å². The highest BCUT2D eigenvalue weighted by Gasteiger charge is 2.42. The fraction of sp³-hybridized carbons (Fsp3) is 0.368. The number of carbonyl (C=O) groups is 1. The molecule has 0 unspecified atom stereocenters. The number of thioether (sulfide) groups is 1. The Labute approximate surface area is 165 Å². The maximum absolute atomic E-state index is 13.3. The van der Waals surface area contributed by atoms with Crippen molar-refractivity contribution in [2.75, 3.05) is 6.26 Å². The molecule has 0 aliphatic heterocycles. The van der Waals surface area contributed by atoms with Gasteiger partial charge in [0.05, 0.1) is 6.20 Å². The van der Waals surface area contributed by atoms with Crippen molar-refractivity contribution in [1.82, 2.24) is 25.0 Å². The van der Waals surface area contributed by atoms with Gasteiger partial charge in [-0.25, -0.2) is 9.37 Å². The van der Waals surface area contributed by atoms with Crippen LogP contribution in [0.1, 0.15) is 47.9 Å². The summed E-state index contributed by atoms with van der Waals surface area (Å²) in [6.45, 7) is 1.73. The van der Waals surface area contributed by atoms with E-state index in [4.69, 9.17) is 4.52 Å². The Morgan fingerprint density at radius 1 is 1.29 bits per heavy atom. The highest BCUT2D eigenvalue weighted by Crippen LogP contribution is 2.37. The van der Waals surface area contributed by atoms with Crippen LogP contribution in [0.15, 0.2) is 40.1 Å². The zero-order valence-corrected chi connectivity index (χ0v) is 16.4. The second-order valence-corrected chi connectivity index (χ2v) is 7.60. The molecule has 1 N–H and O–H groups in total. The number of aromatic nitrogens is 4. The molecule has 1 aromatic carbocycles. The van der Waals surface area contributed by atoms with Crippen LogP contribution in [-0.4, -0.2) is 31.9 Å². The predicted octanol–water partition coefficient (Wildman–Crippen LogP) is 3.62. The van der Waals surface area contributed by atoms with E-state index in [2.05, 4.69) is 20.4 Å². The summed E-state index contributed by atoms with van der Waals surface area (Å²) in [6, 6.07) is 5.98. The van der Waals surface area contributed by atoms with Gasteiger partial charge in [-0.15, -0.1) is 0 Å². The van der Waals surface area contributed by atoms with Gasteiger partial charge in [0, 0.05) is 12.6 Å². The third-order valence-electron chi connectivity index (χ3n) is 5.00. The number of benzene rings is 1. The summed E-state index contributed by atoms with van der Waals surface area (Å²) >= 11 is 1.41. The highest BCUT2D eigenvalue weighted by molar-refractivity contribution is 7.98. The third kappa shape index (κ3) is 3.30. The molecule has 28 heavy (non-hydrogen) atoms. The van der Waals surface area contributed by atoms with E-state index in [1.807, 2.05) is 6.26 Å². The van der Waals surface area contributed by atoms with E-state index in [1.54, 1.807) is 23.6 Å². The second kappa shape index (κ2) is 7.38. The average Bonchev–Trinajstić information content (AvgIpc) is 3.42. The van der Waals surface area contributed by atoms with Crippen molar-refractivity contribution in [2.24, 2.45) is 0 Å². The fourth-order valence-corrected chi connectivity index (χ4v) is 4.18. The number of nitrogens with one attached hydrogen (secondary N) is 1. The van der Waals surface area contributed by atoms with Gasteiger partial charge in [0.2, 0.25) is 5.89 Å². The lowest BCUT2D eigenvalue weighted by atomic mass is 9.96. The number of hydrogen-bond donors (Lipinski definition) is 1. The largest absolute Gasteiger partial charge is 0.340 e. The van der Waals surface area contributed by atoms with Gasteiger partial charge in [0.15, 0.2) is 11.0 Å². The van der Waals surface area contributed by atoms with Crippen LogP contribution in [0.5, 0.6) is 0 Å². The number of hydrogen-bond acceptors (Lipinski definition) is 6. The SMILES string of the molecule is CSc1ncc(C(=O)NC2(c3noc(C)n3)CCCC2)n1-c1ccc(F)cc1. The maximum Gasteiger partial charge on any atom is 0.270 e. The summed E-state index contributed by atoms with van der Waals surface area (Å²) in [4.78, 5) is 21.9. The van der Waals surface area contributed by atoms with Gasteiger partial charge < -0.3 is 9.84 Å². The average molecular weight is 401 g/mol. The molecule has 1 aliphatic rings. The van der Waals surface area contributed by atoms with Crippen LogP contribution in [0, 0.1) is 12.7 Å². The first-order chi connectivity index (χ1) is 13.5. The molecule has 0 spiro atoms. The molecule has 2 aromatic heterocycles. The zero-order valence-electron chi connectivity index (χ0n) is 15.6. The smallest absolute Gasteiger partial charge is 0.270 e. The third-order valence-corrected chi connectivity index (χ3v) is 5.65. The molecule has 7 nitrogen and oxygen atoms in total. The molecule has 2 heterocycles. The molecule has 1 saturated carbocycles. The Morgan fingerprint density at radius 3 is 2.61 bits per heavy atom. The summed E-state index contributed by atoms with van der Waals surface area (Å²) in [5, 5.41) is 7.83. The van der Waals surface area contributed by atoms with E-state index >= 15 is 0 Å². The van der Waals surface area contributed by atoms with Crippen LogP contribution >= 0.6 is 11.8 Å². The molecule has 1 fully saturated rings. The number of amides is 1. The Bertz CT molecular complexity index is 992. The molecular weight excluding hydrogens is 381 g/mol. The molecule has 0 radical (unpaired) electrons. The fourth-order valence-electron chi connectivity index (χ4n) is 3.64. The summed E-state index contributed by atoms with van der Waals surface area (Å²) in [7, 11) is 0. The summed E-state index contributed by atoms with van der Waals surface area (Å²) in [5.74, 6) is 0.366. The number of halogens is 1. The first-order valence-electron chi connectivity index (χ1n) is 9.03. The molecular formula is C19H20FN5O2S. The minimum Gasteiger partial charge on any atom is -0.340 e. The van der Waals surface area contributed by atoms with Crippen molar-refractivity contribution in [3.05, 3.63) is 53.7 Å². The van der Waals surface area contributed by atoms with Gasteiger partial charge in [-0.05, 0) is 43.4 Å². The predicted molar refractivity (Wildman–Crippen MR) is 102 cm³/mol. The molecule has 4 rings (SSSR count). The lowest BCUT2D eigenvalue weighted by Gasteiger charge is -2.27. The lowest BCUT2D eigenvalue weighted by molar-refractivity contribution is 0.0884. The Morgan fingerprint density at radius 2 is 2.00 bits per heavy atom. The van der Waals surface area contributed by atoms with Crippen molar-refractivity contribution in [3.8, 4) is 5.69 Å². The van der Waals surface area contributed by atoms with Crippen LogP contribution in [0.3, 0.4) is 0 Å². The molecule has 0 atom stereocenters. The number of carbonyl (C=O) groups excluding carboxylic acids is 1. The highest BCUT2D eigenvalue weighted by atomic mass is 32.2. The molecule has 0 saturated heterocycles. The number of nitrogens with zero attached hydrogens (tertiary/aromatic N) is 4. The van der Waals surface area contributed by atoms with Crippen molar-refractivity contribution in [2.45, 2.75) is 43.3 Å². The molecule has 9 heteroatoms. The molecule has 1 amide bonds. The standard InChI is InChI=1S/C19H20FN5O2S/c1-12-22-17(24-27-12)19(9-3-4-10-19)23-16(26)15-11-21-18(28-2)25(15)14-7-5-13(20)6-8-14/h5-8,11H,3-4,9-10H2,1-2H3,(H,23,26). The normalized spacial score (nSPS) is 15.7. The van der Waals surface area contributed by atoms with Crippen molar-refractivity contribution >= 4 is 17.7 Å². The maximum atomic E-state index is 13.3. The van der Waals surface area contributed by atoms with Gasteiger partial charge >= 0.3 is 0 Å². The van der Waals surface area contributed by atoms with Crippen molar-refractivity contribution in [1.29, 1.82) is 0 Å². The monoisotopic (exact) mass is 401 g/mol. The molecule has 1 aliphatic carbocycles. The van der Waals surface area contributed by atoms with Crippen LogP contribution in [0.2, 0.25) is 0 Å². The van der Waals surface area contributed by atoms with Crippen LogP contribution in [-0.2, 0) is 5.54 Å². The van der Waals surface area contributed by atoms with Crippen molar-refractivity contribution < 1.29 is 13.7 Å². The summed E-state index contributed by atoms with van der Waals surface area (Å²) < 4.78 is 20.2. The van der Waals surface area contributed by atoms with Crippen LogP contribution < -0.4 is 5.32 Å². The van der Waals surface area contributed by atoms with Gasteiger partial charge in [-0.3, -0.25) is 9.36 Å². The molecule has 0 bridgehead atoms. The minimum atomic E-state index is -0.647. The zero-order chi connectivity index (χ0) is 19.7. The van der Waals surface area contributed by atoms with E-state index in [9.17, 15) is 9.18 Å². The van der Waals surface area contributed by atoms with Gasteiger partial charge in [-0.2, -0.15) is 4.98 Å². The number of imidazole rings is 1. The first kappa shape index (κ1) is 18.7. The lowest BCUT2D eigenvalue weighted by Crippen LogP contribution is -2.45.